The van der Waals surface area contributed by atoms with Gasteiger partial charge in [0.2, 0.25) is 0 Å². The zero-order chi connectivity index (χ0) is 12.3. The van der Waals surface area contributed by atoms with Gasteiger partial charge in [-0.2, -0.15) is 0 Å². The minimum absolute atomic E-state index is 0. The summed E-state index contributed by atoms with van der Waals surface area (Å²) in [5.74, 6) is 0.438. The van der Waals surface area contributed by atoms with E-state index in [1.54, 1.807) is 0 Å². The lowest BCUT2D eigenvalue weighted by Gasteiger charge is -2.34. The summed E-state index contributed by atoms with van der Waals surface area (Å²) in [4.78, 5) is 0. The Kier molecular flexibility index (Phi) is 6.44. The van der Waals surface area contributed by atoms with Gasteiger partial charge >= 0.3 is 0 Å². The number of aliphatic hydroxyl groups excluding tert-OH is 1. The molecule has 0 amide bonds. The Morgan fingerprint density at radius 3 is 2.56 bits per heavy atom. The van der Waals surface area contributed by atoms with E-state index in [1.807, 2.05) is 24.3 Å². The van der Waals surface area contributed by atoms with Crippen molar-refractivity contribution in [1.29, 1.82) is 0 Å². The Hall–Kier alpha value is -0.280. The topological polar surface area (TPSA) is 46.2 Å². The van der Waals surface area contributed by atoms with Gasteiger partial charge in [-0.05, 0) is 36.9 Å². The van der Waals surface area contributed by atoms with Crippen LogP contribution in [0.15, 0.2) is 24.3 Å². The van der Waals surface area contributed by atoms with Crippen molar-refractivity contribution in [2.75, 3.05) is 6.54 Å². The first kappa shape index (κ1) is 15.8. The Labute approximate surface area is 120 Å². The third-order valence-corrected chi connectivity index (χ3v) is 4.20. The van der Waals surface area contributed by atoms with Gasteiger partial charge in [0.1, 0.15) is 0 Å². The average Bonchev–Trinajstić information content (AvgIpc) is 2.34. The van der Waals surface area contributed by atoms with Crippen molar-refractivity contribution in [3.05, 3.63) is 34.9 Å². The highest BCUT2D eigenvalue weighted by atomic mass is 35.5. The molecule has 0 bridgehead atoms. The van der Waals surface area contributed by atoms with Crippen LogP contribution >= 0.6 is 24.0 Å². The maximum Gasteiger partial charge on any atom is 0.0574 e. The summed E-state index contributed by atoms with van der Waals surface area (Å²) in [5, 5.41) is 10.9. The van der Waals surface area contributed by atoms with Crippen LogP contribution in [0.4, 0.5) is 0 Å². The van der Waals surface area contributed by atoms with Crippen molar-refractivity contribution >= 4 is 24.0 Å². The lowest BCUT2D eigenvalue weighted by Crippen LogP contribution is -2.33. The molecule has 1 aromatic carbocycles. The standard InChI is InChI=1S/C14H20ClNO.ClH/c15-13-7-3-1-5-10(13)12(9-16)11-6-2-4-8-14(11)17;/h1,3,5,7,11-12,14,17H,2,4,6,8-9,16H2;1H/t11-,12+,14+;/m1./s1. The fourth-order valence-corrected chi connectivity index (χ4v) is 3.19. The number of hydrogen-bond donors (Lipinski definition) is 2. The van der Waals surface area contributed by atoms with E-state index in [-0.39, 0.29) is 30.3 Å². The van der Waals surface area contributed by atoms with Gasteiger partial charge in [0.05, 0.1) is 6.10 Å². The molecular weight excluding hydrogens is 269 g/mol. The maximum atomic E-state index is 10.1. The summed E-state index contributed by atoms with van der Waals surface area (Å²) in [6.45, 7) is 0.547. The van der Waals surface area contributed by atoms with Crippen LogP contribution in [-0.4, -0.2) is 17.8 Å². The monoisotopic (exact) mass is 289 g/mol. The Bertz CT molecular complexity index is 373. The van der Waals surface area contributed by atoms with Crippen molar-refractivity contribution in [1.82, 2.24) is 0 Å². The molecule has 3 N–H and O–H groups in total. The summed E-state index contributed by atoms with van der Waals surface area (Å²) in [6.07, 6.45) is 4.02. The second-order valence-electron chi connectivity index (χ2n) is 4.88. The molecule has 2 rings (SSSR count). The van der Waals surface area contributed by atoms with Crippen LogP contribution in [0.3, 0.4) is 0 Å². The molecule has 0 aliphatic heterocycles. The maximum absolute atomic E-state index is 10.1. The zero-order valence-electron chi connectivity index (χ0n) is 10.4. The van der Waals surface area contributed by atoms with Crippen LogP contribution in [-0.2, 0) is 0 Å². The number of hydrogen-bond acceptors (Lipinski definition) is 2. The highest BCUT2D eigenvalue weighted by Crippen LogP contribution is 2.38. The molecule has 2 nitrogen and oxygen atoms in total. The zero-order valence-corrected chi connectivity index (χ0v) is 12.0. The molecule has 1 fully saturated rings. The van der Waals surface area contributed by atoms with Gasteiger partial charge in [0.15, 0.2) is 0 Å². The van der Waals surface area contributed by atoms with Crippen molar-refractivity contribution in [3.8, 4) is 0 Å². The fourth-order valence-electron chi connectivity index (χ4n) is 2.92. The lowest BCUT2D eigenvalue weighted by molar-refractivity contribution is 0.0561. The number of rotatable bonds is 3. The van der Waals surface area contributed by atoms with E-state index in [4.69, 9.17) is 17.3 Å². The second-order valence-corrected chi connectivity index (χ2v) is 5.29. The molecule has 1 aromatic rings. The molecule has 1 saturated carbocycles. The predicted molar refractivity (Wildman–Crippen MR) is 78.5 cm³/mol. The predicted octanol–water partition coefficient (Wildman–Crippen LogP) is 3.36. The van der Waals surface area contributed by atoms with E-state index in [1.165, 1.54) is 6.42 Å². The summed E-state index contributed by atoms with van der Waals surface area (Å²) in [5.41, 5.74) is 6.98. The highest BCUT2D eigenvalue weighted by molar-refractivity contribution is 6.31. The molecule has 0 unspecified atom stereocenters. The quantitative estimate of drug-likeness (QED) is 0.896. The third-order valence-electron chi connectivity index (χ3n) is 3.86. The summed E-state index contributed by atoms with van der Waals surface area (Å²) in [7, 11) is 0. The van der Waals surface area contributed by atoms with Crippen LogP contribution in [0.2, 0.25) is 5.02 Å². The minimum Gasteiger partial charge on any atom is -0.393 e. The molecule has 3 atom stereocenters. The van der Waals surface area contributed by atoms with E-state index in [0.717, 1.165) is 29.8 Å². The van der Waals surface area contributed by atoms with Gasteiger partial charge in [-0.15, -0.1) is 12.4 Å². The normalized spacial score (nSPS) is 25.3. The molecule has 0 spiro atoms. The molecule has 102 valence electrons. The minimum atomic E-state index is -0.228. The SMILES string of the molecule is Cl.NC[C@@H](c1ccccc1Cl)[C@H]1CCCC[C@@H]1O. The Balaban J connectivity index is 0.00000162. The smallest absolute Gasteiger partial charge is 0.0574 e. The van der Waals surface area contributed by atoms with Crippen LogP contribution in [0.1, 0.15) is 37.2 Å². The van der Waals surface area contributed by atoms with Crippen molar-refractivity contribution in [2.24, 2.45) is 11.7 Å². The lowest BCUT2D eigenvalue weighted by atomic mass is 9.75. The van der Waals surface area contributed by atoms with Crippen molar-refractivity contribution in [3.63, 3.8) is 0 Å². The fraction of sp³-hybridized carbons (Fsp3) is 0.571. The summed E-state index contributed by atoms with van der Waals surface area (Å²) < 4.78 is 0. The molecule has 18 heavy (non-hydrogen) atoms. The van der Waals surface area contributed by atoms with Gasteiger partial charge in [-0.25, -0.2) is 0 Å². The van der Waals surface area contributed by atoms with Crippen LogP contribution in [0, 0.1) is 5.92 Å². The first-order valence-electron chi connectivity index (χ1n) is 6.36. The van der Waals surface area contributed by atoms with Crippen LogP contribution in [0.25, 0.3) is 0 Å². The van der Waals surface area contributed by atoms with E-state index in [0.29, 0.717) is 6.54 Å². The number of halogens is 2. The summed E-state index contributed by atoms with van der Waals surface area (Å²) in [6, 6.07) is 7.84. The molecular formula is C14H21Cl2NO. The van der Waals surface area contributed by atoms with Gasteiger partial charge in [-0.3, -0.25) is 0 Å². The molecule has 0 heterocycles. The van der Waals surface area contributed by atoms with Gasteiger partial charge in [0.25, 0.3) is 0 Å². The largest absolute Gasteiger partial charge is 0.393 e. The first-order valence-corrected chi connectivity index (χ1v) is 6.74. The van der Waals surface area contributed by atoms with E-state index < -0.39 is 0 Å². The molecule has 1 aliphatic carbocycles. The van der Waals surface area contributed by atoms with Gasteiger partial charge < -0.3 is 10.8 Å². The molecule has 0 aromatic heterocycles. The van der Waals surface area contributed by atoms with Crippen molar-refractivity contribution < 1.29 is 5.11 Å². The van der Waals surface area contributed by atoms with Crippen LogP contribution in [0.5, 0.6) is 0 Å². The Morgan fingerprint density at radius 1 is 1.28 bits per heavy atom. The highest BCUT2D eigenvalue weighted by Gasteiger charge is 2.31. The van der Waals surface area contributed by atoms with Gasteiger partial charge in [0, 0.05) is 10.9 Å². The first-order chi connectivity index (χ1) is 8.24. The van der Waals surface area contributed by atoms with Crippen molar-refractivity contribution in [2.45, 2.75) is 37.7 Å². The molecule has 1 aliphatic rings. The summed E-state index contributed by atoms with van der Waals surface area (Å²) >= 11 is 6.23. The average molecular weight is 290 g/mol. The van der Waals surface area contributed by atoms with E-state index >= 15 is 0 Å². The second kappa shape index (κ2) is 7.34. The molecule has 0 radical (unpaired) electrons. The van der Waals surface area contributed by atoms with E-state index in [2.05, 4.69) is 0 Å². The third kappa shape index (κ3) is 3.39. The van der Waals surface area contributed by atoms with Crippen LogP contribution < -0.4 is 5.73 Å². The molecule has 4 heteroatoms. The molecule has 0 saturated heterocycles. The van der Waals surface area contributed by atoms with E-state index in [9.17, 15) is 5.11 Å². The Morgan fingerprint density at radius 2 is 1.94 bits per heavy atom. The van der Waals surface area contributed by atoms with Gasteiger partial charge in [-0.1, -0.05) is 42.6 Å². The number of nitrogens with two attached hydrogens (primary N) is 1. The number of benzene rings is 1. The number of aliphatic hydroxyl groups is 1.